The number of ether oxygens (including phenoxy) is 2. The van der Waals surface area contributed by atoms with Crippen LogP contribution in [0.25, 0.3) is 11.0 Å². The summed E-state index contributed by atoms with van der Waals surface area (Å²) >= 11 is 5.95. The Kier molecular flexibility index (Phi) is 3.69. The average Bonchev–Trinajstić information content (AvgIpc) is 3.13. The highest BCUT2D eigenvalue weighted by Gasteiger charge is 2.64. The molecule has 3 heterocycles. The van der Waals surface area contributed by atoms with E-state index in [1.807, 2.05) is 0 Å². The third-order valence-electron chi connectivity index (χ3n) is 6.37. The van der Waals surface area contributed by atoms with Gasteiger partial charge in [0.15, 0.2) is 5.60 Å². The number of aliphatic hydroxyl groups is 1. The molecule has 4 aliphatic rings. The number of nitrogens with zero attached hydrogens (tertiary/aromatic N) is 3. The third kappa shape index (κ3) is 2.30. The molecule has 6 rings (SSSR count). The minimum absolute atomic E-state index is 0.0138. The normalized spacial score (nSPS) is 35.8. The quantitative estimate of drug-likeness (QED) is 0.454. The van der Waals surface area contributed by atoms with E-state index in [0.29, 0.717) is 17.0 Å². The van der Waals surface area contributed by atoms with Crippen LogP contribution in [-0.4, -0.2) is 43.9 Å². The molecule has 2 aromatic heterocycles. The van der Waals surface area contributed by atoms with Crippen molar-refractivity contribution >= 4 is 34.4 Å². The number of nitrogens with two attached hydrogens (primary N) is 1. The Morgan fingerprint density at radius 1 is 1.50 bits per heavy atom. The molecule has 146 valence electrons. The maximum Gasteiger partial charge on any atom is 0.312 e. The summed E-state index contributed by atoms with van der Waals surface area (Å²) in [4.78, 5) is 20.8. The average molecular weight is 403 g/mol. The fraction of sp³-hybridized carbons (Fsp3) is 0.526. The van der Waals surface area contributed by atoms with Gasteiger partial charge in [-0.3, -0.25) is 4.79 Å². The molecule has 9 heteroatoms. The second-order valence-corrected chi connectivity index (χ2v) is 8.33. The molecule has 0 spiro atoms. The van der Waals surface area contributed by atoms with Gasteiger partial charge in [0.1, 0.15) is 23.8 Å². The van der Waals surface area contributed by atoms with Crippen molar-refractivity contribution in [3.63, 3.8) is 0 Å². The van der Waals surface area contributed by atoms with Gasteiger partial charge >= 0.3 is 5.97 Å². The second kappa shape index (κ2) is 5.83. The standard InChI is InChI=1S/C19H19ClN4O4/c1-2-19(9-25)12(27-16(26)18-6-10(7-18)8-18)5-13(28-19)24-4-3-11-14(21)22-17(20)23-15(11)24/h1,3-4,10,12-13,25H,5-9H2,(H2,21,22,23)/t10?,12-,13+,18?,19+/m0/s1. The van der Waals surface area contributed by atoms with E-state index in [4.69, 9.17) is 33.2 Å². The second-order valence-electron chi connectivity index (χ2n) is 7.99. The zero-order valence-electron chi connectivity index (χ0n) is 15.0. The molecular formula is C19H19ClN4O4. The SMILES string of the molecule is C#C[C@]1(CO)O[C@@H](n2ccc3c(N)nc(Cl)nc32)C[C@@H]1OC(=O)C12CC(C1)C2. The summed E-state index contributed by atoms with van der Waals surface area (Å²) in [7, 11) is 0. The predicted octanol–water partition coefficient (Wildman–Crippen LogP) is 1.66. The topological polar surface area (TPSA) is 112 Å². The van der Waals surface area contributed by atoms with Crippen LogP contribution in [-0.2, 0) is 14.3 Å². The number of halogens is 1. The van der Waals surface area contributed by atoms with Crippen molar-refractivity contribution in [2.75, 3.05) is 12.3 Å². The van der Waals surface area contributed by atoms with Crippen LogP contribution in [0.5, 0.6) is 0 Å². The van der Waals surface area contributed by atoms with E-state index in [1.54, 1.807) is 16.8 Å². The van der Waals surface area contributed by atoms with Gasteiger partial charge in [-0.2, -0.15) is 4.98 Å². The fourth-order valence-corrected chi connectivity index (χ4v) is 4.78. The number of aromatic nitrogens is 3. The van der Waals surface area contributed by atoms with E-state index in [-0.39, 0.29) is 28.9 Å². The number of hydrogen-bond acceptors (Lipinski definition) is 7. The Bertz CT molecular complexity index is 1010. The number of fused-ring (bicyclic) bond motifs is 1. The lowest BCUT2D eigenvalue weighted by Crippen LogP contribution is -2.59. The molecule has 3 atom stereocenters. The summed E-state index contributed by atoms with van der Waals surface area (Å²) < 4.78 is 13.5. The molecule has 0 amide bonds. The molecule has 4 fully saturated rings. The third-order valence-corrected chi connectivity index (χ3v) is 6.54. The van der Waals surface area contributed by atoms with Crippen molar-refractivity contribution in [2.45, 2.75) is 43.6 Å². The predicted molar refractivity (Wildman–Crippen MR) is 100.0 cm³/mol. The minimum atomic E-state index is -1.41. The molecule has 2 bridgehead atoms. The van der Waals surface area contributed by atoms with E-state index in [1.165, 1.54) is 0 Å². The first-order valence-electron chi connectivity index (χ1n) is 9.17. The van der Waals surface area contributed by atoms with E-state index >= 15 is 0 Å². The van der Waals surface area contributed by atoms with Crippen molar-refractivity contribution in [2.24, 2.45) is 11.3 Å². The van der Waals surface area contributed by atoms with Crippen LogP contribution in [0.2, 0.25) is 5.28 Å². The molecule has 3 saturated carbocycles. The fourth-order valence-electron chi connectivity index (χ4n) is 4.61. The van der Waals surface area contributed by atoms with Crippen LogP contribution in [0.15, 0.2) is 12.3 Å². The first-order chi connectivity index (χ1) is 13.4. The van der Waals surface area contributed by atoms with Crippen LogP contribution < -0.4 is 5.73 Å². The van der Waals surface area contributed by atoms with Crippen LogP contribution in [0.4, 0.5) is 5.82 Å². The van der Waals surface area contributed by atoms with Crippen molar-refractivity contribution in [3.8, 4) is 12.3 Å². The summed E-state index contributed by atoms with van der Waals surface area (Å²) in [5.41, 5.74) is 4.63. The number of carbonyl (C=O) groups excluding carboxylic acids is 1. The zero-order chi connectivity index (χ0) is 19.7. The Labute approximate surface area is 166 Å². The summed E-state index contributed by atoms with van der Waals surface area (Å²) in [5, 5.41) is 10.6. The van der Waals surface area contributed by atoms with E-state index in [2.05, 4.69) is 15.9 Å². The van der Waals surface area contributed by atoms with Crippen LogP contribution in [0.3, 0.4) is 0 Å². The maximum absolute atomic E-state index is 12.7. The molecule has 0 unspecified atom stereocenters. The number of nitrogen functional groups attached to an aromatic ring is 1. The Morgan fingerprint density at radius 2 is 2.25 bits per heavy atom. The number of hydrogen-bond donors (Lipinski definition) is 2. The van der Waals surface area contributed by atoms with Gasteiger partial charge in [0, 0.05) is 12.6 Å². The molecule has 3 aliphatic carbocycles. The number of rotatable bonds is 4. The lowest BCUT2D eigenvalue weighted by atomic mass is 9.44. The first kappa shape index (κ1) is 17.7. The molecular weight excluding hydrogens is 384 g/mol. The zero-order valence-corrected chi connectivity index (χ0v) is 15.7. The highest BCUT2D eigenvalue weighted by atomic mass is 35.5. The van der Waals surface area contributed by atoms with Crippen LogP contribution in [0.1, 0.15) is 31.9 Å². The highest BCUT2D eigenvalue weighted by molar-refractivity contribution is 6.28. The lowest BCUT2D eigenvalue weighted by Gasteiger charge is -2.59. The Hall–Kier alpha value is -2.34. The maximum atomic E-state index is 12.7. The largest absolute Gasteiger partial charge is 0.457 e. The van der Waals surface area contributed by atoms with Crippen LogP contribution in [0, 0.1) is 23.7 Å². The van der Waals surface area contributed by atoms with Crippen molar-refractivity contribution in [1.82, 2.24) is 14.5 Å². The minimum Gasteiger partial charge on any atom is -0.457 e. The molecule has 1 aliphatic heterocycles. The van der Waals surface area contributed by atoms with E-state index in [0.717, 1.165) is 19.3 Å². The van der Waals surface area contributed by atoms with Gasteiger partial charge in [0.25, 0.3) is 0 Å². The van der Waals surface area contributed by atoms with Crippen molar-refractivity contribution in [3.05, 3.63) is 17.5 Å². The van der Waals surface area contributed by atoms with Gasteiger partial charge < -0.3 is 24.9 Å². The molecule has 0 aromatic carbocycles. The van der Waals surface area contributed by atoms with Gasteiger partial charge in [-0.1, -0.05) is 5.92 Å². The summed E-state index contributed by atoms with van der Waals surface area (Å²) in [5.74, 6) is 3.16. The molecule has 3 N–H and O–H groups in total. The Morgan fingerprint density at radius 3 is 2.86 bits per heavy atom. The number of carbonyl (C=O) groups is 1. The Balaban J connectivity index is 1.46. The summed E-state index contributed by atoms with van der Waals surface area (Å²) in [6.07, 6.45) is 8.97. The highest BCUT2D eigenvalue weighted by Crippen LogP contribution is 2.65. The molecule has 0 radical (unpaired) electrons. The molecule has 2 aromatic rings. The van der Waals surface area contributed by atoms with Gasteiger partial charge in [-0.15, -0.1) is 6.42 Å². The van der Waals surface area contributed by atoms with E-state index < -0.39 is 24.5 Å². The van der Waals surface area contributed by atoms with Gasteiger partial charge in [-0.25, -0.2) is 4.98 Å². The molecule has 28 heavy (non-hydrogen) atoms. The van der Waals surface area contributed by atoms with Crippen molar-refractivity contribution in [1.29, 1.82) is 0 Å². The van der Waals surface area contributed by atoms with Gasteiger partial charge in [0.05, 0.1) is 17.4 Å². The lowest BCUT2D eigenvalue weighted by molar-refractivity contribution is -0.202. The summed E-state index contributed by atoms with van der Waals surface area (Å²) in [6, 6.07) is 1.75. The smallest absolute Gasteiger partial charge is 0.312 e. The molecule has 1 saturated heterocycles. The van der Waals surface area contributed by atoms with Crippen molar-refractivity contribution < 1.29 is 19.4 Å². The number of esters is 1. The number of anilines is 1. The monoisotopic (exact) mass is 402 g/mol. The number of terminal acetylenes is 1. The van der Waals surface area contributed by atoms with E-state index in [9.17, 15) is 9.90 Å². The first-order valence-corrected chi connectivity index (χ1v) is 9.54. The van der Waals surface area contributed by atoms with Gasteiger partial charge in [0.2, 0.25) is 5.28 Å². The molecule has 8 nitrogen and oxygen atoms in total. The number of aliphatic hydroxyl groups excluding tert-OH is 1. The van der Waals surface area contributed by atoms with Gasteiger partial charge in [-0.05, 0) is 42.8 Å². The van der Waals surface area contributed by atoms with Crippen LogP contribution >= 0.6 is 11.6 Å². The summed E-state index contributed by atoms with van der Waals surface area (Å²) in [6.45, 7) is -0.468.